The molecule has 636 valence electrons. The third-order valence-corrected chi connectivity index (χ3v) is 26.6. The molecule has 12 heteroatoms. The van der Waals surface area contributed by atoms with Crippen molar-refractivity contribution in [2.75, 3.05) is 0 Å². The standard InChI is InChI=1S/C44H28N6.C41H27N3.C39H25N3/c1-4-13-29(14-5-1)42-46-43(30-15-6-2-7-16-30)48-44(47-42)50-37-20-11-10-19-34(37)35-27-31(22-24-38(35)50)32-23-25-39-36(28-32)41-40(21-12-26-45-41)49(39)33-17-8-3-9-18-33;1-3-11-28(12-4-1)29-19-22-32(23-20-29)43-37-17-9-7-15-33(37)35-27-30(21-25-39(35)43)36-24-26-40-41(42-36)34-16-8-10-18-38(34)44(40)31-13-5-2-6-14-31;1-2-12-29(13-3-1)41-36-17-9-7-15-32(36)39-38(41)23-21-34(40-39)28-19-22-37-33(25-28)31-14-6-8-16-35(31)42(37)30-20-18-26-10-4-5-11-27(26)24-30/h1-28H;1-27H;1-25H. The molecule has 12 nitrogen and oxygen atoms in total. The van der Waals surface area contributed by atoms with E-state index in [1.54, 1.807) is 0 Å². The molecule has 10 aromatic heterocycles. The minimum Gasteiger partial charge on any atom is -0.309 e. The lowest BCUT2D eigenvalue weighted by Gasteiger charge is -2.11. The third-order valence-electron chi connectivity index (χ3n) is 26.6. The summed E-state index contributed by atoms with van der Waals surface area (Å²) in [6, 6.07) is 169. The molecule has 136 heavy (non-hydrogen) atoms. The lowest BCUT2D eigenvalue weighted by molar-refractivity contribution is 0.953. The van der Waals surface area contributed by atoms with Gasteiger partial charge in [0.2, 0.25) is 5.95 Å². The van der Waals surface area contributed by atoms with Crippen LogP contribution in [-0.2, 0) is 0 Å². The van der Waals surface area contributed by atoms with Crippen LogP contribution in [0.15, 0.2) is 485 Å². The molecule has 0 aliphatic heterocycles. The highest BCUT2D eigenvalue weighted by molar-refractivity contribution is 6.16. The Hall–Kier alpha value is -18.5. The highest BCUT2D eigenvalue weighted by atomic mass is 15.2. The van der Waals surface area contributed by atoms with E-state index in [4.69, 9.17) is 29.9 Å². The number of pyridine rings is 3. The maximum Gasteiger partial charge on any atom is 0.238 e. The van der Waals surface area contributed by atoms with E-state index >= 15 is 0 Å². The van der Waals surface area contributed by atoms with Crippen LogP contribution in [0, 0.1) is 0 Å². The van der Waals surface area contributed by atoms with E-state index in [2.05, 4.69) is 434 Å². The zero-order valence-electron chi connectivity index (χ0n) is 73.6. The van der Waals surface area contributed by atoms with Crippen LogP contribution in [0.3, 0.4) is 0 Å². The Bertz CT molecular complexity index is 9470. The van der Waals surface area contributed by atoms with Crippen molar-refractivity contribution in [3.05, 3.63) is 485 Å². The molecule has 28 aromatic rings. The Labute approximate surface area is 781 Å². The number of nitrogens with zero attached hydrogens (tertiary/aromatic N) is 12. The van der Waals surface area contributed by atoms with Crippen molar-refractivity contribution in [3.63, 3.8) is 0 Å². The predicted molar refractivity (Wildman–Crippen MR) is 562 cm³/mol. The molecule has 10 heterocycles. The maximum atomic E-state index is 5.28. The van der Waals surface area contributed by atoms with Gasteiger partial charge >= 0.3 is 0 Å². The molecule has 0 radical (unpaired) electrons. The van der Waals surface area contributed by atoms with E-state index < -0.39 is 0 Å². The van der Waals surface area contributed by atoms with Crippen LogP contribution in [0.4, 0.5) is 0 Å². The summed E-state index contributed by atoms with van der Waals surface area (Å²) in [6.07, 6.45) is 1.87. The molecular weight excluding hydrogens is 1660 g/mol. The van der Waals surface area contributed by atoms with Crippen LogP contribution in [0.1, 0.15) is 0 Å². The first-order valence-corrected chi connectivity index (χ1v) is 46.0. The average molecular weight is 1740 g/mol. The molecule has 0 aliphatic rings. The van der Waals surface area contributed by atoms with Crippen LogP contribution in [0.2, 0.25) is 0 Å². The van der Waals surface area contributed by atoms with Crippen molar-refractivity contribution in [1.82, 2.24) is 57.3 Å². The van der Waals surface area contributed by atoms with Gasteiger partial charge in [0.05, 0.1) is 94.1 Å². The second kappa shape index (κ2) is 32.8. The van der Waals surface area contributed by atoms with Gasteiger partial charge in [0, 0.05) is 105 Å². The first-order chi connectivity index (χ1) is 67.5. The summed E-state index contributed by atoms with van der Waals surface area (Å²) < 4.78 is 13.8. The lowest BCUT2D eigenvalue weighted by Crippen LogP contribution is -2.06. The molecule has 0 N–H and O–H groups in total. The van der Waals surface area contributed by atoms with Gasteiger partial charge in [-0.05, 0) is 209 Å². The van der Waals surface area contributed by atoms with E-state index in [9.17, 15) is 0 Å². The smallest absolute Gasteiger partial charge is 0.238 e. The zero-order valence-corrected chi connectivity index (χ0v) is 73.6. The Morgan fingerprint density at radius 2 is 0.449 bits per heavy atom. The van der Waals surface area contributed by atoms with E-state index in [0.717, 1.165) is 155 Å². The molecule has 0 spiro atoms. The highest BCUT2D eigenvalue weighted by Gasteiger charge is 2.25. The number of para-hydroxylation sites is 8. The summed E-state index contributed by atoms with van der Waals surface area (Å²) in [5, 5.41) is 13.1. The highest BCUT2D eigenvalue weighted by Crippen LogP contribution is 2.44. The van der Waals surface area contributed by atoms with Gasteiger partial charge in [-0.3, -0.25) is 9.55 Å². The van der Waals surface area contributed by atoms with Gasteiger partial charge < -0.3 is 22.8 Å². The molecule has 18 aromatic carbocycles. The van der Waals surface area contributed by atoms with Crippen molar-refractivity contribution in [2.45, 2.75) is 0 Å². The minimum absolute atomic E-state index is 0.581. The fourth-order valence-electron chi connectivity index (χ4n) is 20.4. The number of benzene rings is 18. The molecule has 0 saturated heterocycles. The molecule has 28 rings (SSSR count). The molecule has 0 aliphatic carbocycles. The first-order valence-electron chi connectivity index (χ1n) is 46.0. The van der Waals surface area contributed by atoms with Gasteiger partial charge in [-0.15, -0.1) is 0 Å². The van der Waals surface area contributed by atoms with E-state index in [0.29, 0.717) is 17.6 Å². The summed E-state index contributed by atoms with van der Waals surface area (Å²) in [6.45, 7) is 0. The molecule has 0 fully saturated rings. The Morgan fingerprint density at radius 3 is 0.926 bits per heavy atom. The van der Waals surface area contributed by atoms with Gasteiger partial charge in [-0.1, -0.05) is 303 Å². The number of hydrogen-bond donors (Lipinski definition) is 0. The summed E-state index contributed by atoms with van der Waals surface area (Å²) in [7, 11) is 0. The largest absolute Gasteiger partial charge is 0.309 e. The number of aromatic nitrogens is 12. The summed E-state index contributed by atoms with van der Waals surface area (Å²) in [5.41, 5.74) is 33.1. The first kappa shape index (κ1) is 78.5. The van der Waals surface area contributed by atoms with Crippen molar-refractivity contribution < 1.29 is 0 Å². The van der Waals surface area contributed by atoms with Gasteiger partial charge in [0.15, 0.2) is 11.6 Å². The Balaban J connectivity index is 0.000000106. The Morgan fingerprint density at radius 1 is 0.147 bits per heavy atom. The van der Waals surface area contributed by atoms with Crippen molar-refractivity contribution >= 4 is 142 Å². The van der Waals surface area contributed by atoms with Gasteiger partial charge in [-0.2, -0.15) is 9.97 Å². The topological polar surface area (TPSA) is 107 Å². The lowest BCUT2D eigenvalue weighted by atomic mass is 10.0. The van der Waals surface area contributed by atoms with Crippen LogP contribution in [0.5, 0.6) is 0 Å². The third kappa shape index (κ3) is 13.4. The second-order valence-corrected chi connectivity index (χ2v) is 34.5. The number of fused-ring (bicyclic) bond motifs is 19. The molecule has 0 unspecified atom stereocenters. The fourth-order valence-corrected chi connectivity index (χ4v) is 20.4. The summed E-state index contributed by atoms with van der Waals surface area (Å²) in [4.78, 5) is 30.5. The van der Waals surface area contributed by atoms with Crippen molar-refractivity contribution in [1.29, 1.82) is 0 Å². The Kier molecular flexibility index (Phi) is 19.0. The molecule has 0 saturated carbocycles. The monoisotopic (exact) mass is 1740 g/mol. The summed E-state index contributed by atoms with van der Waals surface area (Å²) >= 11 is 0. The number of hydrogen-bond acceptors (Lipinski definition) is 6. The fraction of sp³-hybridized carbons (Fsp3) is 0. The molecule has 0 amide bonds. The van der Waals surface area contributed by atoms with E-state index in [-0.39, 0.29) is 0 Å². The van der Waals surface area contributed by atoms with Crippen LogP contribution >= 0.6 is 0 Å². The van der Waals surface area contributed by atoms with Crippen molar-refractivity contribution in [3.8, 4) is 102 Å². The normalized spacial score (nSPS) is 11.7. The predicted octanol–water partition coefficient (Wildman–Crippen LogP) is 31.2. The van der Waals surface area contributed by atoms with Gasteiger partial charge in [0.1, 0.15) is 0 Å². The minimum atomic E-state index is 0.581. The molecule has 0 bridgehead atoms. The van der Waals surface area contributed by atoms with Gasteiger partial charge in [0.25, 0.3) is 0 Å². The molecular formula is C124H80N12. The quantitative estimate of drug-likeness (QED) is 0.121. The average Bonchev–Trinajstić information content (AvgIpc) is 1.63. The van der Waals surface area contributed by atoms with Gasteiger partial charge in [-0.25, -0.2) is 15.0 Å². The van der Waals surface area contributed by atoms with E-state index in [1.807, 2.05) is 79.0 Å². The SMILES string of the molecule is c1ccc(-c2ccc(-n3c4ccccc4c4cc(-c5ccc6c(n5)c5ccccc5n6-c5ccccc5)ccc43)cc2)cc1.c1ccc(-c2nc(-c3ccccc3)nc(-n3c4ccccc4c4cc(-c5ccc6c(c5)c5ncccc5n6-c5ccccc5)ccc43)n2)cc1.c1ccc(-n2c3ccccc3c3nc(-c4ccc5c(c4)c4ccccc4n5-c4ccc5ccccc5c4)ccc32)cc1. The number of rotatable bonds is 12. The molecule has 0 atom stereocenters. The maximum absolute atomic E-state index is 5.28. The van der Waals surface area contributed by atoms with Crippen LogP contribution < -0.4 is 0 Å². The van der Waals surface area contributed by atoms with Crippen LogP contribution in [0.25, 0.3) is 244 Å². The second-order valence-electron chi connectivity index (χ2n) is 34.5. The van der Waals surface area contributed by atoms with E-state index in [1.165, 1.54) is 71.2 Å². The zero-order chi connectivity index (χ0) is 89.7. The van der Waals surface area contributed by atoms with Crippen molar-refractivity contribution in [2.24, 2.45) is 0 Å². The summed E-state index contributed by atoms with van der Waals surface area (Å²) in [5.74, 6) is 1.85. The van der Waals surface area contributed by atoms with Crippen LogP contribution in [-0.4, -0.2) is 57.3 Å².